The van der Waals surface area contributed by atoms with Crippen LogP contribution in [0.1, 0.15) is 11.1 Å². The highest BCUT2D eigenvalue weighted by molar-refractivity contribution is 5.75. The van der Waals surface area contributed by atoms with Crippen LogP contribution >= 0.6 is 0 Å². The van der Waals surface area contributed by atoms with E-state index in [9.17, 15) is 0 Å². The van der Waals surface area contributed by atoms with Gasteiger partial charge in [0.2, 0.25) is 0 Å². The summed E-state index contributed by atoms with van der Waals surface area (Å²) in [5, 5.41) is 0. The van der Waals surface area contributed by atoms with Crippen LogP contribution in [0.25, 0.3) is 0 Å². The van der Waals surface area contributed by atoms with E-state index in [0.717, 1.165) is 5.69 Å². The number of nitrogens with two attached hydrogens (primary N) is 1. The predicted molar refractivity (Wildman–Crippen MR) is 50.3 cm³/mol. The summed E-state index contributed by atoms with van der Waals surface area (Å²) in [6, 6.07) is 5.95. The highest BCUT2D eigenvalue weighted by Gasteiger charge is 1.92. The fourth-order valence-corrected chi connectivity index (χ4v) is 0.774. The maximum absolute atomic E-state index is 5.62. The number of nitrogen functional groups attached to an aromatic ring is 1. The molecule has 0 amide bonds. The first-order valence-electron chi connectivity index (χ1n) is 3.03. The van der Waals surface area contributed by atoms with Crippen molar-refractivity contribution in [3.05, 3.63) is 29.3 Å². The molecule has 0 aromatic heterocycles. The topological polar surface area (TPSA) is 26.0 Å². The van der Waals surface area contributed by atoms with Gasteiger partial charge in [0.15, 0.2) is 17.4 Å². The number of benzene rings is 1. The van der Waals surface area contributed by atoms with Gasteiger partial charge in [0, 0.05) is 5.69 Å². The smallest absolute Gasteiger partial charge is 0.187 e. The molecular weight excluding hydrogens is 137 g/mol. The Kier molecular flexibility index (Phi) is 3.49. The van der Waals surface area contributed by atoms with Crippen molar-refractivity contribution in [2.45, 2.75) is 13.8 Å². The van der Waals surface area contributed by atoms with Gasteiger partial charge in [0.1, 0.15) is 0 Å². The third-order valence-corrected chi connectivity index (χ3v) is 1.65. The van der Waals surface area contributed by atoms with Gasteiger partial charge >= 0.3 is 0 Å². The van der Waals surface area contributed by atoms with Crippen LogP contribution in [0, 0.1) is 13.8 Å². The van der Waals surface area contributed by atoms with Gasteiger partial charge in [-0.05, 0) is 31.0 Å². The standard InChI is InChI=1S/C8H11N.Al.3H/c1-6-4-3-5-8(9)7(6)2;;;;/h3-5H,9H2,1-2H3;;;;. The summed E-state index contributed by atoms with van der Waals surface area (Å²) in [6.07, 6.45) is 0. The van der Waals surface area contributed by atoms with E-state index in [2.05, 4.69) is 13.0 Å². The number of aryl methyl sites for hydroxylation is 1. The summed E-state index contributed by atoms with van der Waals surface area (Å²) in [6.45, 7) is 4.09. The lowest BCUT2D eigenvalue weighted by Crippen LogP contribution is -1.90. The SMILES string of the molecule is Cc1cccc(N)c1C.[AlH3]. The van der Waals surface area contributed by atoms with Gasteiger partial charge in [-0.2, -0.15) is 0 Å². The molecule has 0 aliphatic carbocycles. The summed E-state index contributed by atoms with van der Waals surface area (Å²) < 4.78 is 0. The zero-order valence-electron chi connectivity index (χ0n) is 5.81. The van der Waals surface area contributed by atoms with E-state index in [4.69, 9.17) is 5.73 Å². The maximum atomic E-state index is 5.62. The number of hydrogen-bond donors (Lipinski definition) is 1. The molecule has 54 valence electrons. The van der Waals surface area contributed by atoms with E-state index in [1.54, 1.807) is 0 Å². The van der Waals surface area contributed by atoms with Gasteiger partial charge in [-0.1, -0.05) is 12.1 Å². The Morgan fingerprint density at radius 1 is 1.20 bits per heavy atom. The van der Waals surface area contributed by atoms with Crippen LogP contribution in [-0.2, 0) is 0 Å². The molecule has 1 aromatic rings. The second-order valence-electron chi connectivity index (χ2n) is 2.29. The molecule has 0 radical (unpaired) electrons. The molecule has 0 aliphatic heterocycles. The number of anilines is 1. The average molecular weight is 151 g/mol. The Balaban J connectivity index is 0.000000810. The minimum Gasteiger partial charge on any atom is -0.399 e. The van der Waals surface area contributed by atoms with Crippen molar-refractivity contribution in [3.8, 4) is 0 Å². The van der Waals surface area contributed by atoms with Gasteiger partial charge in [0.05, 0.1) is 0 Å². The van der Waals surface area contributed by atoms with Crippen molar-refractivity contribution in [2.75, 3.05) is 5.73 Å². The van der Waals surface area contributed by atoms with Crippen LogP contribution < -0.4 is 5.73 Å². The van der Waals surface area contributed by atoms with Crippen LogP contribution in [0.3, 0.4) is 0 Å². The van der Waals surface area contributed by atoms with E-state index in [0.29, 0.717) is 0 Å². The largest absolute Gasteiger partial charge is 0.399 e. The Morgan fingerprint density at radius 2 is 1.80 bits per heavy atom. The first-order chi connectivity index (χ1) is 4.22. The van der Waals surface area contributed by atoms with Gasteiger partial charge in [0.25, 0.3) is 0 Å². The van der Waals surface area contributed by atoms with Gasteiger partial charge in [-0.3, -0.25) is 0 Å². The summed E-state index contributed by atoms with van der Waals surface area (Å²) in [5.74, 6) is 0. The molecule has 0 aliphatic rings. The zero-order chi connectivity index (χ0) is 6.85. The van der Waals surface area contributed by atoms with Crippen molar-refractivity contribution >= 4 is 23.0 Å². The Labute approximate surface area is 72.4 Å². The molecular formula is C8H14AlN. The van der Waals surface area contributed by atoms with E-state index in [1.807, 2.05) is 19.1 Å². The zero-order valence-corrected chi connectivity index (χ0v) is 5.81. The van der Waals surface area contributed by atoms with E-state index in [1.165, 1.54) is 11.1 Å². The molecule has 0 saturated heterocycles. The van der Waals surface area contributed by atoms with Crippen molar-refractivity contribution < 1.29 is 0 Å². The molecule has 0 atom stereocenters. The minimum absolute atomic E-state index is 0. The van der Waals surface area contributed by atoms with Gasteiger partial charge in [-0.25, -0.2) is 0 Å². The third-order valence-electron chi connectivity index (χ3n) is 1.65. The van der Waals surface area contributed by atoms with Crippen molar-refractivity contribution in [2.24, 2.45) is 0 Å². The van der Waals surface area contributed by atoms with Crippen molar-refractivity contribution in [3.63, 3.8) is 0 Å². The molecule has 2 N–H and O–H groups in total. The van der Waals surface area contributed by atoms with Crippen LogP contribution in [0.5, 0.6) is 0 Å². The monoisotopic (exact) mass is 151 g/mol. The fraction of sp³-hybridized carbons (Fsp3) is 0.250. The molecule has 10 heavy (non-hydrogen) atoms. The van der Waals surface area contributed by atoms with Crippen LogP contribution in [0.2, 0.25) is 0 Å². The predicted octanol–water partition coefficient (Wildman–Crippen LogP) is 0.702. The van der Waals surface area contributed by atoms with Crippen LogP contribution in [-0.4, -0.2) is 17.4 Å². The Morgan fingerprint density at radius 3 is 2.20 bits per heavy atom. The Hall–Kier alpha value is -0.448. The second kappa shape index (κ2) is 3.66. The molecule has 0 spiro atoms. The molecule has 2 heteroatoms. The van der Waals surface area contributed by atoms with Gasteiger partial charge in [-0.15, -0.1) is 0 Å². The number of hydrogen-bond acceptors (Lipinski definition) is 1. The lowest BCUT2D eigenvalue weighted by molar-refractivity contribution is 1.35. The highest BCUT2D eigenvalue weighted by atomic mass is 27.0. The first kappa shape index (κ1) is 9.55. The van der Waals surface area contributed by atoms with E-state index in [-0.39, 0.29) is 17.4 Å². The summed E-state index contributed by atoms with van der Waals surface area (Å²) >= 11 is 0. The lowest BCUT2D eigenvalue weighted by Gasteiger charge is -2.00. The Bertz CT molecular complexity index is 200. The highest BCUT2D eigenvalue weighted by Crippen LogP contribution is 2.13. The summed E-state index contributed by atoms with van der Waals surface area (Å²) in [4.78, 5) is 0. The molecule has 1 rings (SSSR count). The maximum Gasteiger partial charge on any atom is 0.187 e. The third kappa shape index (κ3) is 1.77. The molecule has 0 fully saturated rings. The van der Waals surface area contributed by atoms with E-state index < -0.39 is 0 Å². The molecule has 0 saturated carbocycles. The summed E-state index contributed by atoms with van der Waals surface area (Å²) in [7, 11) is 0. The van der Waals surface area contributed by atoms with Crippen LogP contribution in [0.4, 0.5) is 5.69 Å². The fourth-order valence-electron chi connectivity index (χ4n) is 0.774. The molecule has 0 unspecified atom stereocenters. The molecule has 1 nitrogen and oxygen atoms in total. The normalized spacial score (nSPS) is 8.60. The number of rotatable bonds is 0. The van der Waals surface area contributed by atoms with Crippen LogP contribution in [0.15, 0.2) is 18.2 Å². The molecule has 1 aromatic carbocycles. The molecule has 0 bridgehead atoms. The van der Waals surface area contributed by atoms with Crippen molar-refractivity contribution in [1.82, 2.24) is 0 Å². The average Bonchev–Trinajstić information content (AvgIpc) is 1.83. The van der Waals surface area contributed by atoms with Crippen molar-refractivity contribution in [1.29, 1.82) is 0 Å². The van der Waals surface area contributed by atoms with Gasteiger partial charge < -0.3 is 5.73 Å². The second-order valence-corrected chi connectivity index (χ2v) is 2.29. The molecule has 0 heterocycles. The van der Waals surface area contributed by atoms with E-state index >= 15 is 0 Å². The summed E-state index contributed by atoms with van der Waals surface area (Å²) in [5.41, 5.74) is 8.96. The minimum atomic E-state index is 0. The quantitative estimate of drug-likeness (QED) is 0.428. The first-order valence-corrected chi connectivity index (χ1v) is 3.03. The lowest BCUT2D eigenvalue weighted by atomic mass is 10.1.